The quantitative estimate of drug-likeness (QED) is 0.148. The molecule has 0 aliphatic carbocycles. The summed E-state index contributed by atoms with van der Waals surface area (Å²) in [4.78, 5) is 12.3. The summed E-state index contributed by atoms with van der Waals surface area (Å²) in [6, 6.07) is 5.02. The minimum atomic E-state index is -0.629. The van der Waals surface area contributed by atoms with Crippen molar-refractivity contribution in [2.75, 3.05) is 6.61 Å². The third-order valence-electron chi connectivity index (χ3n) is 5.53. The van der Waals surface area contributed by atoms with E-state index in [4.69, 9.17) is 32.7 Å². The van der Waals surface area contributed by atoms with Gasteiger partial charge in [0, 0.05) is 5.02 Å². The van der Waals surface area contributed by atoms with Gasteiger partial charge in [0.15, 0.2) is 6.10 Å². The lowest BCUT2D eigenvalue weighted by molar-refractivity contribution is -0.151. The molecule has 0 spiro atoms. The Kier molecular flexibility index (Phi) is 16.9. The third-order valence-corrected chi connectivity index (χ3v) is 6.06. The maximum absolute atomic E-state index is 12.3. The minimum Gasteiger partial charge on any atom is -0.477 e. The Labute approximate surface area is 200 Å². The predicted molar refractivity (Wildman–Crippen MR) is 132 cm³/mol. The van der Waals surface area contributed by atoms with Crippen molar-refractivity contribution < 1.29 is 14.3 Å². The van der Waals surface area contributed by atoms with Crippen LogP contribution in [0, 0.1) is 0 Å². The molecule has 1 atom stereocenters. The zero-order chi connectivity index (χ0) is 22.7. The van der Waals surface area contributed by atoms with E-state index in [1.807, 2.05) is 0 Å². The van der Waals surface area contributed by atoms with E-state index >= 15 is 0 Å². The lowest BCUT2D eigenvalue weighted by Gasteiger charge is -2.18. The van der Waals surface area contributed by atoms with Gasteiger partial charge in [-0.25, -0.2) is 4.79 Å². The maximum Gasteiger partial charge on any atom is 0.347 e. The van der Waals surface area contributed by atoms with Gasteiger partial charge in [-0.05, 0) is 38.0 Å². The Bertz CT molecular complexity index is 592. The summed E-state index contributed by atoms with van der Waals surface area (Å²) in [5, 5.41) is 0.944. The van der Waals surface area contributed by atoms with Crippen molar-refractivity contribution in [2.24, 2.45) is 0 Å². The molecule has 0 radical (unpaired) electrons. The molecule has 0 aliphatic heterocycles. The maximum atomic E-state index is 12.3. The van der Waals surface area contributed by atoms with Crippen molar-refractivity contribution >= 4 is 29.2 Å². The molecule has 0 aliphatic rings. The molecule has 0 saturated heterocycles. The number of esters is 1. The molecule has 0 saturated carbocycles. The normalized spacial score (nSPS) is 12.0. The monoisotopic (exact) mass is 472 g/mol. The molecule has 0 amide bonds. The molecule has 178 valence electrons. The second-order valence-electron chi connectivity index (χ2n) is 8.32. The van der Waals surface area contributed by atoms with Gasteiger partial charge in [-0.15, -0.1) is 0 Å². The molecule has 0 heterocycles. The van der Waals surface area contributed by atoms with Crippen LogP contribution in [0.4, 0.5) is 0 Å². The average Bonchev–Trinajstić information content (AvgIpc) is 2.74. The zero-order valence-electron chi connectivity index (χ0n) is 19.6. The zero-order valence-corrected chi connectivity index (χ0v) is 21.1. The first-order chi connectivity index (χ1) is 15.1. The molecule has 1 unspecified atom stereocenters. The highest BCUT2D eigenvalue weighted by Gasteiger charge is 2.22. The van der Waals surface area contributed by atoms with Crippen LogP contribution in [0.1, 0.15) is 110 Å². The molecule has 0 N–H and O–H groups in total. The van der Waals surface area contributed by atoms with Crippen LogP contribution < -0.4 is 4.74 Å². The van der Waals surface area contributed by atoms with Crippen molar-refractivity contribution in [1.29, 1.82) is 0 Å². The standard InChI is InChI=1S/C26H42Cl2O3/c1-3-5-6-7-8-9-10-11-12-13-14-15-16-17-18-25(26(29)30-4-2)31-24-20-19-22(27)21-23(24)28/h19-21,25H,3-18H2,1-2H3. The summed E-state index contributed by atoms with van der Waals surface area (Å²) in [6.07, 6.45) is 18.3. The molecule has 31 heavy (non-hydrogen) atoms. The fourth-order valence-electron chi connectivity index (χ4n) is 3.71. The summed E-state index contributed by atoms with van der Waals surface area (Å²) in [5.74, 6) is 0.137. The van der Waals surface area contributed by atoms with Crippen molar-refractivity contribution in [3.63, 3.8) is 0 Å². The summed E-state index contributed by atoms with van der Waals surface area (Å²) in [7, 11) is 0. The van der Waals surface area contributed by atoms with Crippen LogP contribution in [-0.4, -0.2) is 18.7 Å². The molecular weight excluding hydrogens is 431 g/mol. The summed E-state index contributed by atoms with van der Waals surface area (Å²) >= 11 is 12.1. The highest BCUT2D eigenvalue weighted by Crippen LogP contribution is 2.29. The summed E-state index contributed by atoms with van der Waals surface area (Å²) in [6.45, 7) is 4.41. The highest BCUT2D eigenvalue weighted by molar-refractivity contribution is 6.35. The lowest BCUT2D eigenvalue weighted by Crippen LogP contribution is -2.29. The van der Waals surface area contributed by atoms with Crippen molar-refractivity contribution in [3.05, 3.63) is 28.2 Å². The van der Waals surface area contributed by atoms with Crippen LogP contribution >= 0.6 is 23.2 Å². The first-order valence-corrected chi connectivity index (χ1v) is 13.1. The summed E-state index contributed by atoms with van der Waals surface area (Å²) in [5.41, 5.74) is 0. The van der Waals surface area contributed by atoms with E-state index in [1.165, 1.54) is 77.0 Å². The Balaban J connectivity index is 2.15. The topological polar surface area (TPSA) is 35.5 Å². The third kappa shape index (κ3) is 14.0. The SMILES string of the molecule is CCCCCCCCCCCCCCCCC(Oc1ccc(Cl)cc1Cl)C(=O)OCC. The van der Waals surface area contributed by atoms with E-state index < -0.39 is 6.10 Å². The Morgan fingerprint density at radius 1 is 0.806 bits per heavy atom. The smallest absolute Gasteiger partial charge is 0.347 e. The number of rotatable bonds is 19. The van der Waals surface area contributed by atoms with Crippen LogP contribution in [0.3, 0.4) is 0 Å². The number of unbranched alkanes of at least 4 members (excludes halogenated alkanes) is 13. The molecule has 0 aromatic heterocycles. The average molecular weight is 474 g/mol. The van der Waals surface area contributed by atoms with Crippen LogP contribution in [0.2, 0.25) is 10.0 Å². The van der Waals surface area contributed by atoms with Gasteiger partial charge >= 0.3 is 5.97 Å². The molecular formula is C26H42Cl2O3. The Morgan fingerprint density at radius 2 is 1.32 bits per heavy atom. The Morgan fingerprint density at radius 3 is 1.81 bits per heavy atom. The van der Waals surface area contributed by atoms with Crippen LogP contribution in [-0.2, 0) is 9.53 Å². The first-order valence-electron chi connectivity index (χ1n) is 12.4. The van der Waals surface area contributed by atoms with Crippen LogP contribution in [0.25, 0.3) is 0 Å². The minimum absolute atomic E-state index is 0.330. The van der Waals surface area contributed by atoms with E-state index in [0.717, 1.165) is 12.8 Å². The molecule has 1 aromatic rings. The molecule has 1 rings (SSSR count). The summed E-state index contributed by atoms with van der Waals surface area (Å²) < 4.78 is 11.0. The predicted octanol–water partition coefficient (Wildman–Crippen LogP) is 9.18. The fourth-order valence-corrected chi connectivity index (χ4v) is 4.16. The lowest BCUT2D eigenvalue weighted by atomic mass is 10.0. The fraction of sp³-hybridized carbons (Fsp3) is 0.731. The number of ether oxygens (including phenoxy) is 2. The second-order valence-corrected chi connectivity index (χ2v) is 9.16. The van der Waals surface area contributed by atoms with Gasteiger partial charge in [-0.3, -0.25) is 0 Å². The number of hydrogen-bond donors (Lipinski definition) is 0. The van der Waals surface area contributed by atoms with E-state index in [1.54, 1.807) is 25.1 Å². The number of halogens is 2. The molecule has 0 bridgehead atoms. The molecule has 5 heteroatoms. The number of carbonyl (C=O) groups excluding carboxylic acids is 1. The van der Waals surface area contributed by atoms with Gasteiger partial charge < -0.3 is 9.47 Å². The highest BCUT2D eigenvalue weighted by atomic mass is 35.5. The van der Waals surface area contributed by atoms with E-state index in [2.05, 4.69) is 6.92 Å². The van der Waals surface area contributed by atoms with E-state index in [9.17, 15) is 4.79 Å². The molecule has 3 nitrogen and oxygen atoms in total. The van der Waals surface area contributed by atoms with Crippen molar-refractivity contribution in [2.45, 2.75) is 116 Å². The van der Waals surface area contributed by atoms with Gasteiger partial charge in [-0.2, -0.15) is 0 Å². The van der Waals surface area contributed by atoms with E-state index in [-0.39, 0.29) is 5.97 Å². The van der Waals surface area contributed by atoms with Gasteiger partial charge in [-0.1, -0.05) is 114 Å². The van der Waals surface area contributed by atoms with Gasteiger partial charge in [0.25, 0.3) is 0 Å². The van der Waals surface area contributed by atoms with Crippen molar-refractivity contribution in [3.8, 4) is 5.75 Å². The number of carbonyl (C=O) groups is 1. The van der Waals surface area contributed by atoms with Gasteiger partial charge in [0.05, 0.1) is 11.6 Å². The Hall–Kier alpha value is -0.930. The largest absolute Gasteiger partial charge is 0.477 e. The van der Waals surface area contributed by atoms with Gasteiger partial charge in [0.2, 0.25) is 0 Å². The molecule has 1 aromatic carbocycles. The second kappa shape index (κ2) is 18.6. The number of hydrogen-bond acceptors (Lipinski definition) is 3. The number of benzene rings is 1. The van der Waals surface area contributed by atoms with Gasteiger partial charge in [0.1, 0.15) is 5.75 Å². The van der Waals surface area contributed by atoms with Crippen LogP contribution in [0.15, 0.2) is 18.2 Å². The van der Waals surface area contributed by atoms with Crippen LogP contribution in [0.5, 0.6) is 5.75 Å². The first kappa shape index (κ1) is 28.1. The van der Waals surface area contributed by atoms with Crippen molar-refractivity contribution in [1.82, 2.24) is 0 Å². The molecule has 0 fully saturated rings. The van der Waals surface area contributed by atoms with E-state index in [0.29, 0.717) is 28.8 Å².